The first-order chi connectivity index (χ1) is 10.6. The Balaban J connectivity index is 2.82. The summed E-state index contributed by atoms with van der Waals surface area (Å²) in [6.45, 7) is 1.97. The molecule has 0 radical (unpaired) electrons. The maximum Gasteiger partial charge on any atom is 0.269 e. The van der Waals surface area contributed by atoms with Gasteiger partial charge >= 0.3 is 0 Å². The molecule has 1 aliphatic heterocycles. The number of nitrogens with two attached hydrogens (primary N) is 1. The Labute approximate surface area is 127 Å². The average Bonchev–Trinajstić information content (AvgIpc) is 2.83. The monoisotopic (exact) mass is 292 g/mol. The summed E-state index contributed by atoms with van der Waals surface area (Å²) in [6, 6.07) is 14.2. The fraction of sp³-hybridized carbons (Fsp3) is 0.188. The molecule has 1 heterocycles. The quantitative estimate of drug-likeness (QED) is 0.851. The first kappa shape index (κ1) is 15.1. The second-order valence-electron chi connectivity index (χ2n) is 4.34. The van der Waals surface area contributed by atoms with Crippen molar-refractivity contribution >= 4 is 0 Å². The minimum atomic E-state index is -1.56. The summed E-state index contributed by atoms with van der Waals surface area (Å²) in [7, 11) is 0. The largest absolute Gasteiger partial charge is 0.437 e. The molecule has 0 saturated heterocycles. The zero-order valence-electron chi connectivity index (χ0n) is 11.8. The van der Waals surface area contributed by atoms with E-state index in [1.54, 1.807) is 49.4 Å². The van der Waals surface area contributed by atoms with Gasteiger partial charge in [-0.25, -0.2) is 0 Å². The Bertz CT molecular complexity index is 759. The molecular weight excluding hydrogens is 280 g/mol. The van der Waals surface area contributed by atoms with Crippen LogP contribution < -0.4 is 5.73 Å². The van der Waals surface area contributed by atoms with E-state index < -0.39 is 5.79 Å². The van der Waals surface area contributed by atoms with E-state index in [-0.39, 0.29) is 29.2 Å². The number of benzene rings is 1. The normalized spacial score (nSPS) is 19.8. The summed E-state index contributed by atoms with van der Waals surface area (Å²) in [6.07, 6.45) is 0. The zero-order chi connectivity index (χ0) is 16.2. The molecule has 22 heavy (non-hydrogen) atoms. The van der Waals surface area contributed by atoms with E-state index in [9.17, 15) is 15.8 Å². The van der Waals surface area contributed by atoms with Crippen molar-refractivity contribution in [3.8, 4) is 18.2 Å². The van der Waals surface area contributed by atoms with Crippen molar-refractivity contribution < 1.29 is 9.47 Å². The van der Waals surface area contributed by atoms with Crippen LogP contribution in [-0.2, 0) is 15.3 Å². The maximum absolute atomic E-state index is 9.32. The summed E-state index contributed by atoms with van der Waals surface area (Å²) in [5, 5.41) is 27.8. The molecule has 2 N–H and O–H groups in total. The van der Waals surface area contributed by atoms with Crippen molar-refractivity contribution in [2.24, 2.45) is 5.73 Å². The van der Waals surface area contributed by atoms with Gasteiger partial charge in [-0.3, -0.25) is 0 Å². The lowest BCUT2D eigenvalue weighted by molar-refractivity contribution is -0.183. The minimum absolute atomic E-state index is 0.0468. The molecule has 1 atom stereocenters. The van der Waals surface area contributed by atoms with Crippen LogP contribution in [0.3, 0.4) is 0 Å². The van der Waals surface area contributed by atoms with Crippen molar-refractivity contribution in [3.05, 3.63) is 58.5 Å². The van der Waals surface area contributed by atoms with Crippen molar-refractivity contribution in [3.63, 3.8) is 0 Å². The predicted molar refractivity (Wildman–Crippen MR) is 75.9 cm³/mol. The molecule has 0 aromatic heterocycles. The van der Waals surface area contributed by atoms with E-state index in [1.165, 1.54) is 0 Å². The Morgan fingerprint density at radius 3 is 2.36 bits per heavy atom. The molecule has 0 bridgehead atoms. The Kier molecular flexibility index (Phi) is 4.13. The highest BCUT2D eigenvalue weighted by atomic mass is 16.7. The number of allylic oxidation sites excluding steroid dienone is 1. The molecule has 108 valence electrons. The van der Waals surface area contributed by atoms with Gasteiger partial charge < -0.3 is 15.2 Å². The number of nitriles is 3. The van der Waals surface area contributed by atoms with Gasteiger partial charge in [0, 0.05) is 12.2 Å². The average molecular weight is 292 g/mol. The molecule has 6 heteroatoms. The van der Waals surface area contributed by atoms with E-state index in [0.29, 0.717) is 5.56 Å². The Morgan fingerprint density at radius 1 is 1.23 bits per heavy atom. The van der Waals surface area contributed by atoms with Crippen LogP contribution in [0.5, 0.6) is 0 Å². The smallest absolute Gasteiger partial charge is 0.269 e. The third kappa shape index (κ3) is 2.16. The number of hydrogen-bond donors (Lipinski definition) is 1. The van der Waals surface area contributed by atoms with Crippen LogP contribution in [-0.4, -0.2) is 6.61 Å². The molecular formula is C16H12N4O2. The van der Waals surface area contributed by atoms with Gasteiger partial charge in [-0.1, -0.05) is 30.3 Å². The third-order valence-electron chi connectivity index (χ3n) is 3.17. The summed E-state index contributed by atoms with van der Waals surface area (Å²) in [5.41, 5.74) is 6.03. The summed E-state index contributed by atoms with van der Waals surface area (Å²) < 4.78 is 11.3. The topological polar surface area (TPSA) is 116 Å². The van der Waals surface area contributed by atoms with Gasteiger partial charge in [0.2, 0.25) is 5.88 Å². The van der Waals surface area contributed by atoms with Gasteiger partial charge in [0.25, 0.3) is 5.79 Å². The van der Waals surface area contributed by atoms with E-state index in [0.717, 1.165) is 0 Å². The lowest BCUT2D eigenvalue weighted by Gasteiger charge is -2.30. The number of nitrogens with zero attached hydrogens (tertiary/aromatic N) is 3. The summed E-state index contributed by atoms with van der Waals surface area (Å²) >= 11 is 0. The Hall–Kier alpha value is -3.27. The second kappa shape index (κ2) is 6.01. The highest BCUT2D eigenvalue weighted by molar-refractivity contribution is 5.61. The molecule has 0 fully saturated rings. The van der Waals surface area contributed by atoms with Gasteiger partial charge in [-0.05, 0) is 6.92 Å². The van der Waals surface area contributed by atoms with Gasteiger partial charge in [0.15, 0.2) is 0 Å². The van der Waals surface area contributed by atoms with Crippen LogP contribution in [0.2, 0.25) is 0 Å². The number of hydrogen-bond acceptors (Lipinski definition) is 6. The molecule has 0 saturated carbocycles. The van der Waals surface area contributed by atoms with E-state index in [4.69, 9.17) is 15.2 Å². The van der Waals surface area contributed by atoms with Crippen LogP contribution in [0.1, 0.15) is 12.5 Å². The molecule has 0 amide bonds. The summed E-state index contributed by atoms with van der Waals surface area (Å²) in [4.78, 5) is 0. The van der Waals surface area contributed by atoms with E-state index in [1.807, 2.05) is 6.07 Å². The third-order valence-corrected chi connectivity index (χ3v) is 3.17. The molecule has 6 nitrogen and oxygen atoms in total. The highest BCUT2D eigenvalue weighted by Crippen LogP contribution is 2.47. The number of ether oxygens (including phenoxy) is 2. The zero-order valence-corrected chi connectivity index (χ0v) is 11.8. The Morgan fingerprint density at radius 2 is 1.86 bits per heavy atom. The first-order valence-corrected chi connectivity index (χ1v) is 6.48. The highest BCUT2D eigenvalue weighted by Gasteiger charge is 2.50. The standard InChI is InChI=1S/C16H12N4O2/c1-2-21-16(12-6-4-3-5-7-12)14(11(8-17)9-18)13(10-19)15(20)22-16/h3-7H,2,20H2,1H3. The molecule has 1 aliphatic rings. The molecule has 1 aromatic rings. The van der Waals surface area contributed by atoms with E-state index >= 15 is 0 Å². The van der Waals surface area contributed by atoms with Gasteiger partial charge in [-0.2, -0.15) is 15.8 Å². The molecule has 1 unspecified atom stereocenters. The van der Waals surface area contributed by atoms with Crippen LogP contribution in [0.25, 0.3) is 0 Å². The van der Waals surface area contributed by atoms with Crippen molar-refractivity contribution in [1.82, 2.24) is 0 Å². The molecule has 0 spiro atoms. The van der Waals surface area contributed by atoms with Crippen molar-refractivity contribution in [1.29, 1.82) is 15.8 Å². The van der Waals surface area contributed by atoms with Gasteiger partial charge in [0.05, 0.1) is 5.57 Å². The lowest BCUT2D eigenvalue weighted by atomic mass is 9.90. The fourth-order valence-corrected chi connectivity index (χ4v) is 2.33. The van der Waals surface area contributed by atoms with Crippen molar-refractivity contribution in [2.45, 2.75) is 12.7 Å². The number of rotatable bonds is 3. The lowest BCUT2D eigenvalue weighted by Crippen LogP contribution is -2.33. The van der Waals surface area contributed by atoms with Gasteiger partial charge in [-0.15, -0.1) is 0 Å². The SMILES string of the molecule is CCOC1(c2ccccc2)OC(N)=C(C#N)C1=C(C#N)C#N. The van der Waals surface area contributed by atoms with Crippen LogP contribution in [0.4, 0.5) is 0 Å². The predicted octanol–water partition coefficient (Wildman–Crippen LogP) is 1.94. The fourth-order valence-electron chi connectivity index (χ4n) is 2.33. The van der Waals surface area contributed by atoms with Crippen LogP contribution in [0.15, 0.2) is 52.9 Å². The molecule has 0 aliphatic carbocycles. The van der Waals surface area contributed by atoms with E-state index in [2.05, 4.69) is 0 Å². The second-order valence-corrected chi connectivity index (χ2v) is 4.34. The minimum Gasteiger partial charge on any atom is -0.437 e. The van der Waals surface area contributed by atoms with Gasteiger partial charge in [0.1, 0.15) is 29.4 Å². The molecule has 1 aromatic carbocycles. The van der Waals surface area contributed by atoms with Crippen molar-refractivity contribution in [2.75, 3.05) is 6.61 Å². The molecule has 2 rings (SSSR count). The van der Waals surface area contributed by atoms with Crippen LogP contribution >= 0.6 is 0 Å². The summed E-state index contributed by atoms with van der Waals surface area (Å²) in [5.74, 6) is -1.73. The first-order valence-electron chi connectivity index (χ1n) is 6.48. The van der Waals surface area contributed by atoms with Crippen LogP contribution in [0, 0.1) is 34.0 Å². The maximum atomic E-state index is 9.32.